The Balaban J connectivity index is 1.90. The van der Waals surface area contributed by atoms with Crippen LogP contribution in [0.3, 0.4) is 0 Å². The average molecular weight is 176 g/mol. The Kier molecular flexibility index (Phi) is 2.87. The van der Waals surface area contributed by atoms with Crippen LogP contribution in [0.2, 0.25) is 0 Å². The molecule has 1 saturated carbocycles. The zero-order chi connectivity index (χ0) is 9.10. The highest BCUT2D eigenvalue weighted by Gasteiger charge is 2.26. The van der Waals surface area contributed by atoms with Gasteiger partial charge in [-0.3, -0.25) is 0 Å². The number of rotatable bonds is 3. The number of unbranched alkanes of at least 4 members (excludes halogenated alkanes) is 2. The average Bonchev–Trinajstić information content (AvgIpc) is 2.64. The number of hydrogen-bond acceptors (Lipinski definition) is 0. The lowest BCUT2D eigenvalue weighted by Crippen LogP contribution is -1.88. The van der Waals surface area contributed by atoms with E-state index in [4.69, 9.17) is 0 Å². The highest BCUT2D eigenvalue weighted by molar-refractivity contribution is 5.34. The van der Waals surface area contributed by atoms with Gasteiger partial charge < -0.3 is 0 Å². The van der Waals surface area contributed by atoms with Gasteiger partial charge in [-0.25, -0.2) is 0 Å². The smallest absolute Gasteiger partial charge is 0.0160 e. The van der Waals surface area contributed by atoms with Crippen LogP contribution in [0.1, 0.15) is 51.9 Å². The molecule has 0 aromatic rings. The predicted octanol–water partition coefficient (Wildman–Crippen LogP) is 4.23. The van der Waals surface area contributed by atoms with Crippen molar-refractivity contribution in [3.05, 3.63) is 23.3 Å². The molecule has 0 radical (unpaired) electrons. The van der Waals surface area contributed by atoms with Crippen molar-refractivity contribution in [2.24, 2.45) is 5.92 Å². The van der Waals surface area contributed by atoms with Crippen LogP contribution in [0.5, 0.6) is 0 Å². The Morgan fingerprint density at radius 3 is 3.23 bits per heavy atom. The molecule has 0 heteroatoms. The van der Waals surface area contributed by atoms with Crippen molar-refractivity contribution in [1.82, 2.24) is 0 Å². The first-order valence-electron chi connectivity index (χ1n) is 5.79. The minimum Gasteiger partial charge on any atom is -0.0813 e. The minimum atomic E-state index is 0.952. The summed E-state index contributed by atoms with van der Waals surface area (Å²) in [6.07, 6.45) is 14.6. The SMILES string of the molecule is CCCCC=C1C=C2CCCC2C1. The maximum Gasteiger partial charge on any atom is -0.0160 e. The fraction of sp³-hybridized carbons (Fsp3) is 0.692. The van der Waals surface area contributed by atoms with Gasteiger partial charge in [-0.15, -0.1) is 0 Å². The zero-order valence-corrected chi connectivity index (χ0v) is 8.68. The Labute approximate surface area is 81.7 Å². The van der Waals surface area contributed by atoms with Crippen LogP contribution in [-0.2, 0) is 0 Å². The second-order valence-electron chi connectivity index (χ2n) is 4.43. The van der Waals surface area contributed by atoms with E-state index in [1.54, 1.807) is 11.1 Å². The van der Waals surface area contributed by atoms with E-state index in [0.717, 1.165) is 5.92 Å². The van der Waals surface area contributed by atoms with E-state index < -0.39 is 0 Å². The molecule has 2 aliphatic rings. The molecule has 0 N–H and O–H groups in total. The van der Waals surface area contributed by atoms with Gasteiger partial charge >= 0.3 is 0 Å². The number of fused-ring (bicyclic) bond motifs is 1. The molecule has 13 heavy (non-hydrogen) atoms. The second-order valence-corrected chi connectivity index (χ2v) is 4.43. The quantitative estimate of drug-likeness (QED) is 0.564. The number of hydrogen-bond donors (Lipinski definition) is 0. The van der Waals surface area contributed by atoms with E-state index in [1.165, 1.54) is 44.9 Å². The van der Waals surface area contributed by atoms with E-state index in [-0.39, 0.29) is 0 Å². The molecular formula is C13H20. The summed E-state index contributed by atoms with van der Waals surface area (Å²) in [6, 6.07) is 0. The van der Waals surface area contributed by atoms with Gasteiger partial charge in [0.25, 0.3) is 0 Å². The van der Waals surface area contributed by atoms with Crippen molar-refractivity contribution in [3.63, 3.8) is 0 Å². The van der Waals surface area contributed by atoms with Crippen molar-refractivity contribution in [1.29, 1.82) is 0 Å². The Morgan fingerprint density at radius 1 is 1.54 bits per heavy atom. The largest absolute Gasteiger partial charge is 0.0813 e. The van der Waals surface area contributed by atoms with Gasteiger partial charge in [0.2, 0.25) is 0 Å². The van der Waals surface area contributed by atoms with Gasteiger partial charge in [-0.05, 0) is 38.0 Å². The lowest BCUT2D eigenvalue weighted by molar-refractivity contribution is 0.645. The maximum absolute atomic E-state index is 2.48. The molecule has 2 aliphatic carbocycles. The molecule has 1 atom stereocenters. The summed E-state index contributed by atoms with van der Waals surface area (Å²) in [4.78, 5) is 0. The van der Waals surface area contributed by atoms with Crippen molar-refractivity contribution >= 4 is 0 Å². The molecule has 1 fully saturated rings. The standard InChI is InChI=1S/C13H20/c1-2-3-4-6-11-9-12-7-5-8-13(12)10-11/h6,9,13H,2-5,7-8,10H2,1H3. The van der Waals surface area contributed by atoms with Crippen molar-refractivity contribution < 1.29 is 0 Å². The first-order valence-corrected chi connectivity index (χ1v) is 5.79. The topological polar surface area (TPSA) is 0 Å². The Hall–Kier alpha value is -0.520. The third-order valence-electron chi connectivity index (χ3n) is 3.36. The van der Waals surface area contributed by atoms with Crippen LogP contribution in [0.15, 0.2) is 23.3 Å². The first-order chi connectivity index (χ1) is 6.40. The summed E-state index contributed by atoms with van der Waals surface area (Å²) >= 11 is 0. The molecule has 0 heterocycles. The normalized spacial score (nSPS) is 29.5. The van der Waals surface area contributed by atoms with Crippen LogP contribution in [0, 0.1) is 5.92 Å². The fourth-order valence-electron chi connectivity index (χ4n) is 2.58. The van der Waals surface area contributed by atoms with Gasteiger partial charge in [0, 0.05) is 0 Å². The third kappa shape index (κ3) is 2.04. The summed E-state index contributed by atoms with van der Waals surface area (Å²) in [6.45, 7) is 2.26. The summed E-state index contributed by atoms with van der Waals surface area (Å²) in [7, 11) is 0. The van der Waals surface area contributed by atoms with E-state index in [9.17, 15) is 0 Å². The maximum atomic E-state index is 2.48. The van der Waals surface area contributed by atoms with Crippen LogP contribution in [0.25, 0.3) is 0 Å². The van der Waals surface area contributed by atoms with Gasteiger partial charge in [0.05, 0.1) is 0 Å². The van der Waals surface area contributed by atoms with Gasteiger partial charge in [-0.2, -0.15) is 0 Å². The fourth-order valence-corrected chi connectivity index (χ4v) is 2.58. The van der Waals surface area contributed by atoms with E-state index in [2.05, 4.69) is 19.1 Å². The van der Waals surface area contributed by atoms with Crippen LogP contribution in [0.4, 0.5) is 0 Å². The van der Waals surface area contributed by atoms with E-state index >= 15 is 0 Å². The molecule has 0 aliphatic heterocycles. The molecule has 1 unspecified atom stereocenters. The third-order valence-corrected chi connectivity index (χ3v) is 3.36. The molecule has 72 valence electrons. The van der Waals surface area contributed by atoms with Gasteiger partial charge in [0.15, 0.2) is 0 Å². The summed E-state index contributed by atoms with van der Waals surface area (Å²) in [5.41, 5.74) is 3.39. The van der Waals surface area contributed by atoms with Gasteiger partial charge in [-0.1, -0.05) is 43.1 Å². The summed E-state index contributed by atoms with van der Waals surface area (Å²) in [5.74, 6) is 0.952. The molecule has 0 nitrogen and oxygen atoms in total. The predicted molar refractivity (Wildman–Crippen MR) is 57.6 cm³/mol. The second kappa shape index (κ2) is 4.13. The lowest BCUT2D eigenvalue weighted by atomic mass is 10.0. The highest BCUT2D eigenvalue weighted by Crippen LogP contribution is 2.41. The molecule has 0 aromatic heterocycles. The molecule has 0 saturated heterocycles. The van der Waals surface area contributed by atoms with Crippen LogP contribution in [-0.4, -0.2) is 0 Å². The van der Waals surface area contributed by atoms with Crippen molar-refractivity contribution in [2.75, 3.05) is 0 Å². The molecule has 0 aromatic carbocycles. The van der Waals surface area contributed by atoms with Crippen molar-refractivity contribution in [3.8, 4) is 0 Å². The van der Waals surface area contributed by atoms with Crippen LogP contribution < -0.4 is 0 Å². The summed E-state index contributed by atoms with van der Waals surface area (Å²) in [5, 5.41) is 0. The van der Waals surface area contributed by atoms with Gasteiger partial charge in [0.1, 0.15) is 0 Å². The molecule has 2 rings (SSSR count). The monoisotopic (exact) mass is 176 g/mol. The molecule has 0 amide bonds. The molecule has 0 spiro atoms. The zero-order valence-electron chi connectivity index (χ0n) is 8.68. The molecule has 0 bridgehead atoms. The molecular weight excluding hydrogens is 156 g/mol. The van der Waals surface area contributed by atoms with Crippen LogP contribution >= 0.6 is 0 Å². The first kappa shape index (κ1) is 9.05. The Bertz CT molecular complexity index is 232. The lowest BCUT2D eigenvalue weighted by Gasteiger charge is -2.01. The van der Waals surface area contributed by atoms with E-state index in [0.29, 0.717) is 0 Å². The van der Waals surface area contributed by atoms with Crippen molar-refractivity contribution in [2.45, 2.75) is 51.9 Å². The van der Waals surface area contributed by atoms with E-state index in [1.807, 2.05) is 0 Å². The Morgan fingerprint density at radius 2 is 2.46 bits per heavy atom. The summed E-state index contributed by atoms with van der Waals surface area (Å²) < 4.78 is 0. The number of allylic oxidation sites excluding steroid dienone is 4. The minimum absolute atomic E-state index is 0.952. The highest BCUT2D eigenvalue weighted by atomic mass is 14.3.